The number of ether oxygens (including phenoxy) is 1. The van der Waals surface area contributed by atoms with E-state index < -0.39 is 6.10 Å². The minimum Gasteiger partial charge on any atom is -0.389 e. The summed E-state index contributed by atoms with van der Waals surface area (Å²) < 4.78 is 7.27. The number of nitrogens with zero attached hydrogens (tertiary/aromatic N) is 3. The lowest BCUT2D eigenvalue weighted by Gasteiger charge is -2.12. The molecule has 20 heavy (non-hydrogen) atoms. The van der Waals surface area contributed by atoms with Gasteiger partial charge in [0.05, 0.1) is 25.6 Å². The molecule has 0 radical (unpaired) electrons. The Labute approximate surface area is 119 Å². The number of hydrogen-bond donors (Lipinski definition) is 2. The first-order valence-electron chi connectivity index (χ1n) is 6.90. The van der Waals surface area contributed by atoms with E-state index in [2.05, 4.69) is 21.9 Å². The van der Waals surface area contributed by atoms with E-state index in [4.69, 9.17) is 4.74 Å². The van der Waals surface area contributed by atoms with E-state index in [1.54, 1.807) is 24.9 Å². The Kier molecular flexibility index (Phi) is 8.33. The van der Waals surface area contributed by atoms with Gasteiger partial charge in [-0.25, -0.2) is 9.97 Å². The van der Waals surface area contributed by atoms with Gasteiger partial charge in [-0.05, 0) is 13.3 Å². The lowest BCUT2D eigenvalue weighted by Crippen LogP contribution is -2.22. The minimum absolute atomic E-state index is 0.400. The highest BCUT2D eigenvalue weighted by atomic mass is 16.5. The first-order chi connectivity index (χ1) is 9.74. The summed E-state index contributed by atoms with van der Waals surface area (Å²) in [5.74, 6) is 0.919. The number of aliphatic hydroxyl groups is 1. The van der Waals surface area contributed by atoms with Gasteiger partial charge >= 0.3 is 0 Å². The summed E-state index contributed by atoms with van der Waals surface area (Å²) in [5.41, 5.74) is 0. The van der Waals surface area contributed by atoms with Crippen LogP contribution in [0, 0.1) is 6.92 Å². The third-order valence-corrected chi connectivity index (χ3v) is 2.69. The van der Waals surface area contributed by atoms with E-state index in [1.807, 2.05) is 17.7 Å². The Hall–Kier alpha value is -1.66. The molecule has 0 fully saturated rings. The second kappa shape index (κ2) is 10.2. The van der Waals surface area contributed by atoms with Gasteiger partial charge in [0.15, 0.2) is 0 Å². The number of aromatic nitrogens is 4. The van der Waals surface area contributed by atoms with Crippen molar-refractivity contribution in [3.8, 4) is 0 Å². The Morgan fingerprint density at radius 3 is 2.80 bits per heavy atom. The van der Waals surface area contributed by atoms with Gasteiger partial charge in [-0.2, -0.15) is 0 Å². The van der Waals surface area contributed by atoms with Crippen molar-refractivity contribution in [3.63, 3.8) is 0 Å². The fourth-order valence-corrected chi connectivity index (χ4v) is 1.56. The van der Waals surface area contributed by atoms with Gasteiger partial charge in [-0.1, -0.05) is 13.3 Å². The van der Waals surface area contributed by atoms with Crippen molar-refractivity contribution in [1.29, 1.82) is 0 Å². The van der Waals surface area contributed by atoms with Crippen molar-refractivity contribution in [3.05, 3.63) is 36.9 Å². The molecule has 112 valence electrons. The van der Waals surface area contributed by atoms with Gasteiger partial charge < -0.3 is 19.4 Å². The number of H-pyrrole nitrogens is 1. The van der Waals surface area contributed by atoms with E-state index in [9.17, 15) is 5.11 Å². The van der Waals surface area contributed by atoms with Crippen molar-refractivity contribution in [2.24, 2.45) is 0 Å². The first kappa shape index (κ1) is 16.4. The molecule has 0 aromatic carbocycles. The van der Waals surface area contributed by atoms with Crippen molar-refractivity contribution in [1.82, 2.24) is 19.5 Å². The SMILES string of the molecule is CCCCOCC(O)Cn1ccnc1C.c1c[nH]cn1. The molecule has 0 saturated heterocycles. The first-order valence-corrected chi connectivity index (χ1v) is 6.90. The van der Waals surface area contributed by atoms with Gasteiger partial charge in [0.25, 0.3) is 0 Å². The second-order valence-corrected chi connectivity index (χ2v) is 4.47. The number of nitrogens with one attached hydrogen (secondary N) is 1. The minimum atomic E-state index is -0.449. The fraction of sp³-hybridized carbons (Fsp3) is 0.571. The number of unbranched alkanes of at least 4 members (excludes halogenated alkanes) is 1. The Balaban J connectivity index is 0.000000333. The molecule has 2 aromatic heterocycles. The number of aliphatic hydroxyl groups excluding tert-OH is 1. The van der Waals surface area contributed by atoms with E-state index in [-0.39, 0.29) is 0 Å². The number of aromatic amines is 1. The number of imidazole rings is 2. The van der Waals surface area contributed by atoms with Crippen LogP contribution in [0.2, 0.25) is 0 Å². The smallest absolute Gasteiger partial charge is 0.105 e. The molecule has 0 saturated carbocycles. The third kappa shape index (κ3) is 7.06. The predicted octanol–water partition coefficient (Wildman–Crippen LogP) is 1.78. The van der Waals surface area contributed by atoms with Crippen LogP contribution in [-0.4, -0.2) is 43.9 Å². The van der Waals surface area contributed by atoms with E-state index in [1.165, 1.54) is 0 Å². The van der Waals surface area contributed by atoms with Crippen molar-refractivity contribution < 1.29 is 9.84 Å². The maximum absolute atomic E-state index is 9.67. The summed E-state index contributed by atoms with van der Waals surface area (Å²) >= 11 is 0. The average molecular weight is 280 g/mol. The largest absolute Gasteiger partial charge is 0.389 e. The highest BCUT2D eigenvalue weighted by molar-refractivity contribution is 4.88. The van der Waals surface area contributed by atoms with Crippen molar-refractivity contribution in [2.75, 3.05) is 13.2 Å². The summed E-state index contributed by atoms with van der Waals surface area (Å²) in [6, 6.07) is 0. The topological polar surface area (TPSA) is 76.0 Å². The van der Waals surface area contributed by atoms with Gasteiger partial charge in [0, 0.05) is 31.4 Å². The molecule has 0 aliphatic rings. The van der Waals surface area contributed by atoms with E-state index in [0.29, 0.717) is 13.2 Å². The van der Waals surface area contributed by atoms with Crippen LogP contribution in [0.15, 0.2) is 31.1 Å². The molecule has 2 aromatic rings. The van der Waals surface area contributed by atoms with Crippen molar-refractivity contribution >= 4 is 0 Å². The highest BCUT2D eigenvalue weighted by Crippen LogP contribution is 1.99. The van der Waals surface area contributed by atoms with Crippen LogP contribution in [0.3, 0.4) is 0 Å². The number of aryl methyl sites for hydroxylation is 1. The molecule has 0 amide bonds. The molecule has 1 unspecified atom stereocenters. The Morgan fingerprint density at radius 1 is 1.45 bits per heavy atom. The average Bonchev–Trinajstić information content (AvgIpc) is 3.11. The van der Waals surface area contributed by atoms with Crippen molar-refractivity contribution in [2.45, 2.75) is 39.3 Å². The molecule has 2 rings (SSSR count). The Morgan fingerprint density at radius 2 is 2.30 bits per heavy atom. The normalized spacial score (nSPS) is 11.8. The van der Waals surface area contributed by atoms with Crippen LogP contribution in [0.25, 0.3) is 0 Å². The second-order valence-electron chi connectivity index (χ2n) is 4.47. The van der Waals surface area contributed by atoms with Gasteiger partial charge in [0.1, 0.15) is 5.82 Å². The number of hydrogen-bond acceptors (Lipinski definition) is 4. The van der Waals surface area contributed by atoms with E-state index >= 15 is 0 Å². The zero-order valence-corrected chi connectivity index (χ0v) is 12.2. The molecule has 2 N–H and O–H groups in total. The maximum atomic E-state index is 9.67. The Bertz CT molecular complexity index is 411. The summed E-state index contributed by atoms with van der Waals surface area (Å²) in [6.45, 7) is 5.73. The zero-order chi connectivity index (χ0) is 14.6. The van der Waals surface area contributed by atoms with E-state index in [0.717, 1.165) is 25.3 Å². The quantitative estimate of drug-likeness (QED) is 0.758. The predicted molar refractivity (Wildman–Crippen MR) is 77.3 cm³/mol. The molecule has 0 aliphatic heterocycles. The third-order valence-electron chi connectivity index (χ3n) is 2.69. The molecule has 0 bridgehead atoms. The summed E-state index contributed by atoms with van der Waals surface area (Å²) in [6.07, 6.45) is 10.4. The standard InChI is InChI=1S/C11H20N2O2.C3H4N2/c1-3-4-7-15-9-11(14)8-13-6-5-12-10(13)2;1-2-5-3-4-1/h5-6,11,14H,3-4,7-9H2,1-2H3;1-3H,(H,4,5). The lowest BCUT2D eigenvalue weighted by molar-refractivity contribution is 0.0268. The molecular formula is C14H24N4O2. The summed E-state index contributed by atoms with van der Waals surface area (Å²) in [4.78, 5) is 10.5. The molecule has 2 heterocycles. The molecule has 0 aliphatic carbocycles. The van der Waals surface area contributed by atoms with Gasteiger partial charge in [-0.15, -0.1) is 0 Å². The summed E-state index contributed by atoms with van der Waals surface area (Å²) in [7, 11) is 0. The van der Waals surface area contributed by atoms with Crippen LogP contribution in [0.5, 0.6) is 0 Å². The molecule has 1 atom stereocenters. The number of rotatable bonds is 7. The van der Waals surface area contributed by atoms with Crippen LogP contribution in [-0.2, 0) is 11.3 Å². The maximum Gasteiger partial charge on any atom is 0.105 e. The van der Waals surface area contributed by atoms with Crippen LogP contribution < -0.4 is 0 Å². The zero-order valence-electron chi connectivity index (χ0n) is 12.2. The molecule has 0 spiro atoms. The molecule has 6 heteroatoms. The van der Waals surface area contributed by atoms with Crippen LogP contribution in [0.1, 0.15) is 25.6 Å². The van der Waals surface area contributed by atoms with Crippen LogP contribution in [0.4, 0.5) is 0 Å². The van der Waals surface area contributed by atoms with Gasteiger partial charge in [-0.3, -0.25) is 0 Å². The fourth-order valence-electron chi connectivity index (χ4n) is 1.56. The summed E-state index contributed by atoms with van der Waals surface area (Å²) in [5, 5.41) is 9.67. The lowest BCUT2D eigenvalue weighted by atomic mass is 10.3. The van der Waals surface area contributed by atoms with Crippen LogP contribution >= 0.6 is 0 Å². The molecular weight excluding hydrogens is 256 g/mol. The highest BCUT2D eigenvalue weighted by Gasteiger charge is 2.06. The molecule has 6 nitrogen and oxygen atoms in total. The van der Waals surface area contributed by atoms with Gasteiger partial charge in [0.2, 0.25) is 0 Å². The monoisotopic (exact) mass is 280 g/mol.